The molecule has 0 aromatic heterocycles. The number of anilines is 2. The molecule has 1 atom stereocenters. The van der Waals surface area contributed by atoms with E-state index >= 15 is 0 Å². The Morgan fingerprint density at radius 2 is 1.93 bits per heavy atom. The summed E-state index contributed by atoms with van der Waals surface area (Å²) in [5, 5.41) is 2.86. The number of hydrogen-bond donors (Lipinski definition) is 1. The fourth-order valence-corrected chi connectivity index (χ4v) is 3.46. The molecule has 154 valence electrons. The van der Waals surface area contributed by atoms with Gasteiger partial charge >= 0.3 is 0 Å². The van der Waals surface area contributed by atoms with Gasteiger partial charge in [0.1, 0.15) is 11.6 Å². The van der Waals surface area contributed by atoms with Crippen LogP contribution in [0.15, 0.2) is 48.5 Å². The van der Waals surface area contributed by atoms with Crippen LogP contribution >= 0.6 is 0 Å². The Bertz CT molecular complexity index is 860. The highest BCUT2D eigenvalue weighted by molar-refractivity contribution is 6.00. The summed E-state index contributed by atoms with van der Waals surface area (Å²) in [5.74, 6) is -2.58. The van der Waals surface area contributed by atoms with Gasteiger partial charge in [-0.25, -0.2) is 8.78 Å². The van der Waals surface area contributed by atoms with Crippen LogP contribution < -0.4 is 15.1 Å². The lowest BCUT2D eigenvalue weighted by Crippen LogP contribution is -2.34. The second-order valence-corrected chi connectivity index (χ2v) is 7.26. The number of para-hydroxylation sites is 1. The van der Waals surface area contributed by atoms with Crippen molar-refractivity contribution in [1.82, 2.24) is 5.32 Å². The molecule has 1 unspecified atom stereocenters. The second-order valence-electron chi connectivity index (χ2n) is 7.26. The minimum atomic E-state index is -0.804. The van der Waals surface area contributed by atoms with E-state index in [4.69, 9.17) is 0 Å². The number of rotatable bonds is 8. The third-order valence-electron chi connectivity index (χ3n) is 5.11. The summed E-state index contributed by atoms with van der Waals surface area (Å²) in [6, 6.07) is 13.1. The van der Waals surface area contributed by atoms with Gasteiger partial charge in [0.25, 0.3) is 0 Å². The van der Waals surface area contributed by atoms with Crippen molar-refractivity contribution in [3.63, 3.8) is 0 Å². The Labute approximate surface area is 169 Å². The zero-order valence-electron chi connectivity index (χ0n) is 16.4. The summed E-state index contributed by atoms with van der Waals surface area (Å²) in [4.78, 5) is 27.9. The van der Waals surface area contributed by atoms with Gasteiger partial charge in [0.15, 0.2) is 0 Å². The molecule has 1 heterocycles. The van der Waals surface area contributed by atoms with Gasteiger partial charge < -0.3 is 15.1 Å². The lowest BCUT2D eigenvalue weighted by Gasteiger charge is -2.19. The summed E-state index contributed by atoms with van der Waals surface area (Å²) in [6.07, 6.45) is 1.77. The molecule has 1 fully saturated rings. The van der Waals surface area contributed by atoms with E-state index < -0.39 is 17.6 Å². The first kappa shape index (κ1) is 20.8. The van der Waals surface area contributed by atoms with Crippen molar-refractivity contribution in [2.45, 2.75) is 19.3 Å². The highest BCUT2D eigenvalue weighted by Gasteiger charge is 2.36. The Morgan fingerprint density at radius 3 is 2.66 bits per heavy atom. The molecule has 3 rings (SSSR count). The number of nitrogens with one attached hydrogen (secondary N) is 1. The Morgan fingerprint density at radius 1 is 1.17 bits per heavy atom. The van der Waals surface area contributed by atoms with E-state index in [1.807, 2.05) is 25.2 Å². The molecule has 2 amide bonds. The van der Waals surface area contributed by atoms with Gasteiger partial charge in [0, 0.05) is 44.9 Å². The molecule has 1 aliphatic heterocycles. The molecule has 1 saturated heterocycles. The van der Waals surface area contributed by atoms with Crippen molar-refractivity contribution in [2.75, 3.05) is 36.5 Å². The van der Waals surface area contributed by atoms with E-state index in [9.17, 15) is 18.4 Å². The van der Waals surface area contributed by atoms with E-state index in [0.29, 0.717) is 6.54 Å². The maximum absolute atomic E-state index is 13.9. The molecule has 0 radical (unpaired) electrons. The third kappa shape index (κ3) is 5.31. The molecule has 0 saturated carbocycles. The molecule has 1 N–H and O–H groups in total. The number of unbranched alkanes of at least 4 members (excludes halogenated alkanes) is 1. The quantitative estimate of drug-likeness (QED) is 0.691. The van der Waals surface area contributed by atoms with Crippen molar-refractivity contribution in [1.29, 1.82) is 0 Å². The van der Waals surface area contributed by atoms with Crippen LogP contribution in [0.5, 0.6) is 0 Å². The Kier molecular flexibility index (Phi) is 6.80. The van der Waals surface area contributed by atoms with Gasteiger partial charge in [-0.15, -0.1) is 0 Å². The van der Waals surface area contributed by atoms with E-state index in [-0.39, 0.29) is 30.5 Å². The first-order valence-electron chi connectivity index (χ1n) is 9.75. The molecule has 0 aliphatic carbocycles. The van der Waals surface area contributed by atoms with E-state index in [1.165, 1.54) is 11.0 Å². The first-order chi connectivity index (χ1) is 14.0. The number of benzene rings is 2. The smallest absolute Gasteiger partial charge is 0.227 e. The molecule has 2 aromatic carbocycles. The van der Waals surface area contributed by atoms with Crippen LogP contribution in [0.3, 0.4) is 0 Å². The molecular formula is C22H25F2N3O2. The molecule has 7 heteroatoms. The van der Waals surface area contributed by atoms with Gasteiger partial charge in [0.2, 0.25) is 11.8 Å². The largest absolute Gasteiger partial charge is 0.375 e. The van der Waals surface area contributed by atoms with Crippen molar-refractivity contribution in [3.05, 3.63) is 60.2 Å². The SMILES string of the molecule is CN(CCCCNC(=O)C1CC(=O)N(c2ccc(F)cc2F)C1)c1ccccc1. The summed E-state index contributed by atoms with van der Waals surface area (Å²) in [6.45, 7) is 1.50. The number of amides is 2. The average molecular weight is 401 g/mol. The third-order valence-corrected chi connectivity index (χ3v) is 5.11. The normalized spacial score (nSPS) is 16.2. The predicted molar refractivity (Wildman–Crippen MR) is 109 cm³/mol. The van der Waals surface area contributed by atoms with Crippen LogP contribution in [0.4, 0.5) is 20.2 Å². The summed E-state index contributed by atoms with van der Waals surface area (Å²) >= 11 is 0. The molecule has 5 nitrogen and oxygen atoms in total. The van der Waals surface area contributed by atoms with E-state index in [1.54, 1.807) is 0 Å². The Balaban J connectivity index is 1.41. The topological polar surface area (TPSA) is 52.7 Å². The van der Waals surface area contributed by atoms with Crippen molar-refractivity contribution in [3.8, 4) is 0 Å². The number of carbonyl (C=O) groups is 2. The minimum absolute atomic E-state index is 0.00986. The van der Waals surface area contributed by atoms with Crippen molar-refractivity contribution in [2.24, 2.45) is 5.92 Å². The summed E-state index contributed by atoms with van der Waals surface area (Å²) in [5.41, 5.74) is 1.16. The molecule has 1 aliphatic rings. The lowest BCUT2D eigenvalue weighted by molar-refractivity contribution is -0.126. The van der Waals surface area contributed by atoms with Gasteiger partial charge in [0.05, 0.1) is 11.6 Å². The van der Waals surface area contributed by atoms with Crippen LogP contribution in [0.25, 0.3) is 0 Å². The number of hydrogen-bond acceptors (Lipinski definition) is 3. The van der Waals surface area contributed by atoms with Gasteiger partial charge in [-0.1, -0.05) is 18.2 Å². The standard InChI is InChI=1S/C22H25F2N3O2/c1-26(18-7-3-2-4-8-18)12-6-5-11-25-22(29)16-13-21(28)27(15-16)20-10-9-17(23)14-19(20)24/h2-4,7-10,14,16H,5-6,11-13,15H2,1H3,(H,25,29). The zero-order chi connectivity index (χ0) is 20.8. The zero-order valence-corrected chi connectivity index (χ0v) is 16.4. The van der Waals surface area contributed by atoms with Crippen molar-refractivity contribution >= 4 is 23.2 Å². The fourth-order valence-electron chi connectivity index (χ4n) is 3.46. The van der Waals surface area contributed by atoms with Gasteiger partial charge in [-0.2, -0.15) is 0 Å². The van der Waals surface area contributed by atoms with E-state index in [2.05, 4.69) is 22.3 Å². The molecule has 0 spiro atoms. The summed E-state index contributed by atoms with van der Waals surface area (Å²) in [7, 11) is 2.03. The van der Waals surface area contributed by atoms with Crippen LogP contribution in [0.2, 0.25) is 0 Å². The van der Waals surface area contributed by atoms with Crippen LogP contribution in [-0.2, 0) is 9.59 Å². The fraction of sp³-hybridized carbons (Fsp3) is 0.364. The van der Waals surface area contributed by atoms with Crippen LogP contribution in [0, 0.1) is 17.6 Å². The molecular weight excluding hydrogens is 376 g/mol. The second kappa shape index (κ2) is 9.49. The monoisotopic (exact) mass is 401 g/mol. The molecule has 2 aromatic rings. The lowest BCUT2D eigenvalue weighted by atomic mass is 10.1. The van der Waals surface area contributed by atoms with E-state index in [0.717, 1.165) is 37.2 Å². The minimum Gasteiger partial charge on any atom is -0.375 e. The number of halogens is 2. The molecule has 0 bridgehead atoms. The maximum Gasteiger partial charge on any atom is 0.227 e. The average Bonchev–Trinajstić information content (AvgIpc) is 3.09. The summed E-state index contributed by atoms with van der Waals surface area (Å²) < 4.78 is 27.0. The predicted octanol–water partition coefficient (Wildman–Crippen LogP) is 3.35. The van der Waals surface area contributed by atoms with Crippen LogP contribution in [0.1, 0.15) is 19.3 Å². The van der Waals surface area contributed by atoms with Gasteiger partial charge in [-0.05, 0) is 37.1 Å². The van der Waals surface area contributed by atoms with Gasteiger partial charge in [-0.3, -0.25) is 9.59 Å². The maximum atomic E-state index is 13.9. The number of nitrogens with zero attached hydrogens (tertiary/aromatic N) is 2. The van der Waals surface area contributed by atoms with Crippen molar-refractivity contribution < 1.29 is 18.4 Å². The Hall–Kier alpha value is -2.96. The highest BCUT2D eigenvalue weighted by atomic mass is 19.1. The number of carbonyl (C=O) groups excluding carboxylic acids is 2. The first-order valence-corrected chi connectivity index (χ1v) is 9.75. The highest BCUT2D eigenvalue weighted by Crippen LogP contribution is 2.28. The molecule has 29 heavy (non-hydrogen) atoms. The van der Waals surface area contributed by atoms with Crippen LogP contribution in [-0.4, -0.2) is 38.5 Å².